The summed E-state index contributed by atoms with van der Waals surface area (Å²) in [6, 6.07) is 15.2. The Kier molecular flexibility index (Phi) is 5.97. The quantitative estimate of drug-likeness (QED) is 0.552. The predicted molar refractivity (Wildman–Crippen MR) is 123 cm³/mol. The summed E-state index contributed by atoms with van der Waals surface area (Å²) < 4.78 is 10.4. The number of carboxylic acids is 1. The van der Waals surface area contributed by atoms with Crippen molar-refractivity contribution in [1.29, 1.82) is 0 Å². The van der Waals surface area contributed by atoms with Gasteiger partial charge in [-0.05, 0) is 22.3 Å². The fourth-order valence-corrected chi connectivity index (χ4v) is 5.51. The second kappa shape index (κ2) is 9.22. The maximum Gasteiger partial charge on any atom is 0.407 e. The van der Waals surface area contributed by atoms with Crippen molar-refractivity contribution in [2.45, 2.75) is 18.5 Å². The Balaban J connectivity index is 1.21. The zero-order valence-electron chi connectivity index (χ0n) is 18.0. The molecular weight excluding hydrogens is 458 g/mol. The number of benzene rings is 2. The first-order chi connectivity index (χ1) is 16.5. The van der Waals surface area contributed by atoms with E-state index in [-0.39, 0.29) is 36.2 Å². The van der Waals surface area contributed by atoms with Crippen LogP contribution in [0.2, 0.25) is 0 Å². The lowest BCUT2D eigenvalue weighted by Crippen LogP contribution is -2.42. The summed E-state index contributed by atoms with van der Waals surface area (Å²) >= 11 is 1.36. The number of nitrogens with one attached hydrogen (secondary N) is 1. The minimum Gasteiger partial charge on any atom is -0.480 e. The van der Waals surface area contributed by atoms with E-state index in [2.05, 4.69) is 22.6 Å². The number of aliphatic carboxylic acids is 1. The number of amides is 2. The molecule has 2 amide bonds. The first-order valence-electron chi connectivity index (χ1n) is 10.7. The Hall–Kier alpha value is -3.79. The van der Waals surface area contributed by atoms with Crippen LogP contribution < -0.4 is 5.32 Å². The van der Waals surface area contributed by atoms with Gasteiger partial charge >= 0.3 is 12.1 Å². The van der Waals surface area contributed by atoms with Crippen LogP contribution in [0.15, 0.2) is 59.3 Å². The molecule has 1 aliphatic heterocycles. The third-order valence-corrected chi connectivity index (χ3v) is 7.06. The van der Waals surface area contributed by atoms with Gasteiger partial charge in [0.15, 0.2) is 0 Å². The van der Waals surface area contributed by atoms with Gasteiger partial charge in [-0.1, -0.05) is 53.7 Å². The molecule has 1 atom stereocenters. The number of carboxylic acid groups (broad SMARTS) is 1. The third kappa shape index (κ3) is 4.01. The molecule has 34 heavy (non-hydrogen) atoms. The van der Waals surface area contributed by atoms with Crippen LogP contribution in [0.1, 0.15) is 33.1 Å². The number of nitrogens with zero attached hydrogens (tertiary/aromatic N) is 2. The number of thioether (sulfide) groups is 1. The Labute approximate surface area is 199 Å². The molecule has 2 heterocycles. The van der Waals surface area contributed by atoms with Crippen molar-refractivity contribution in [2.75, 3.05) is 18.2 Å². The van der Waals surface area contributed by atoms with Gasteiger partial charge in [0.25, 0.3) is 5.91 Å². The van der Waals surface area contributed by atoms with E-state index in [1.807, 2.05) is 36.4 Å². The van der Waals surface area contributed by atoms with E-state index in [9.17, 15) is 19.5 Å². The Morgan fingerprint density at radius 3 is 2.47 bits per heavy atom. The largest absolute Gasteiger partial charge is 0.480 e. The van der Waals surface area contributed by atoms with Crippen molar-refractivity contribution >= 4 is 29.7 Å². The van der Waals surface area contributed by atoms with Gasteiger partial charge in [0.2, 0.25) is 0 Å². The molecule has 1 fully saturated rings. The van der Waals surface area contributed by atoms with Crippen LogP contribution in [-0.2, 0) is 16.1 Å². The van der Waals surface area contributed by atoms with E-state index >= 15 is 0 Å². The molecule has 2 aromatic carbocycles. The highest BCUT2D eigenvalue weighted by molar-refractivity contribution is 7.99. The first-order valence-corrected chi connectivity index (χ1v) is 11.8. The lowest BCUT2D eigenvalue weighted by Gasteiger charge is -2.20. The topological polar surface area (TPSA) is 122 Å². The molecule has 9 nitrogen and oxygen atoms in total. The summed E-state index contributed by atoms with van der Waals surface area (Å²) in [5.74, 6) is -1.04. The van der Waals surface area contributed by atoms with Crippen LogP contribution in [0.4, 0.5) is 4.79 Å². The van der Waals surface area contributed by atoms with Crippen LogP contribution in [0.5, 0.6) is 0 Å². The van der Waals surface area contributed by atoms with Gasteiger partial charge in [-0.15, -0.1) is 11.8 Å². The van der Waals surface area contributed by atoms with Gasteiger partial charge in [0.1, 0.15) is 30.2 Å². The fraction of sp³-hybridized carbons (Fsp3) is 0.250. The SMILES string of the molecule is O=C(NCc1nocc1C(=O)N1CSCC1C(=O)O)OCC1c2ccccc2-c2ccccc21. The second-order valence-corrected chi connectivity index (χ2v) is 8.98. The van der Waals surface area contributed by atoms with Crippen molar-refractivity contribution in [3.63, 3.8) is 0 Å². The molecule has 10 heteroatoms. The molecule has 0 spiro atoms. The minimum absolute atomic E-state index is 0.0667. The molecule has 1 saturated heterocycles. The van der Waals surface area contributed by atoms with Crippen molar-refractivity contribution in [3.05, 3.63) is 77.2 Å². The highest BCUT2D eigenvalue weighted by atomic mass is 32.2. The number of fused-ring (bicyclic) bond motifs is 3. The van der Waals surface area contributed by atoms with Gasteiger partial charge in [-0.2, -0.15) is 0 Å². The fourth-order valence-electron chi connectivity index (χ4n) is 4.37. The number of aromatic nitrogens is 1. The molecule has 1 aromatic heterocycles. The van der Waals surface area contributed by atoms with E-state index < -0.39 is 24.0 Å². The van der Waals surface area contributed by atoms with E-state index in [4.69, 9.17) is 9.26 Å². The Morgan fingerprint density at radius 2 is 1.79 bits per heavy atom. The molecule has 3 aromatic rings. The van der Waals surface area contributed by atoms with Crippen LogP contribution in [0.3, 0.4) is 0 Å². The van der Waals surface area contributed by atoms with Gasteiger partial charge in [0, 0.05) is 11.7 Å². The van der Waals surface area contributed by atoms with Crippen molar-refractivity contribution in [3.8, 4) is 11.1 Å². The number of alkyl carbamates (subject to hydrolysis) is 1. The molecule has 2 aliphatic rings. The van der Waals surface area contributed by atoms with E-state index in [1.54, 1.807) is 0 Å². The molecular formula is C24H21N3O6S. The Morgan fingerprint density at radius 1 is 1.12 bits per heavy atom. The number of hydrogen-bond donors (Lipinski definition) is 2. The average Bonchev–Trinajstić information content (AvgIpc) is 3.59. The average molecular weight is 480 g/mol. The molecule has 5 rings (SSSR count). The summed E-state index contributed by atoms with van der Waals surface area (Å²) in [6.07, 6.45) is 0.516. The molecule has 0 radical (unpaired) electrons. The van der Waals surface area contributed by atoms with Crippen LogP contribution >= 0.6 is 11.8 Å². The Bertz CT molecular complexity index is 1210. The maximum absolute atomic E-state index is 12.8. The summed E-state index contributed by atoms with van der Waals surface area (Å²) in [5.41, 5.74) is 4.82. The molecule has 2 N–H and O–H groups in total. The smallest absolute Gasteiger partial charge is 0.407 e. The molecule has 0 bridgehead atoms. The minimum atomic E-state index is -1.06. The highest BCUT2D eigenvalue weighted by Gasteiger charge is 2.36. The number of rotatable bonds is 6. The predicted octanol–water partition coefficient (Wildman–Crippen LogP) is 3.31. The van der Waals surface area contributed by atoms with Crippen molar-refractivity contribution in [2.24, 2.45) is 0 Å². The molecule has 1 unspecified atom stereocenters. The maximum atomic E-state index is 12.8. The lowest BCUT2D eigenvalue weighted by molar-refractivity contribution is -0.140. The van der Waals surface area contributed by atoms with E-state index in [0.717, 1.165) is 22.3 Å². The van der Waals surface area contributed by atoms with Crippen LogP contribution in [-0.4, -0.2) is 57.4 Å². The van der Waals surface area contributed by atoms with E-state index in [0.29, 0.717) is 5.75 Å². The van der Waals surface area contributed by atoms with Gasteiger partial charge < -0.3 is 24.6 Å². The van der Waals surface area contributed by atoms with Gasteiger partial charge in [0.05, 0.1) is 12.4 Å². The molecule has 1 aliphatic carbocycles. The van der Waals surface area contributed by atoms with Crippen LogP contribution in [0, 0.1) is 0 Å². The number of carbonyl (C=O) groups is 3. The summed E-state index contributed by atoms with van der Waals surface area (Å²) in [6.45, 7) is 0.0721. The summed E-state index contributed by atoms with van der Waals surface area (Å²) in [7, 11) is 0. The van der Waals surface area contributed by atoms with Gasteiger partial charge in [-0.3, -0.25) is 4.79 Å². The molecule has 0 saturated carbocycles. The lowest BCUT2D eigenvalue weighted by atomic mass is 9.98. The molecule has 174 valence electrons. The number of hydrogen-bond acceptors (Lipinski definition) is 7. The van der Waals surface area contributed by atoms with Crippen molar-refractivity contribution < 1.29 is 28.8 Å². The van der Waals surface area contributed by atoms with Gasteiger partial charge in [-0.25, -0.2) is 9.59 Å². The monoisotopic (exact) mass is 479 g/mol. The normalized spacial score (nSPS) is 16.7. The standard InChI is InChI=1S/C24H21N3O6S/c28-22(27-13-34-12-21(27)23(29)30)19-11-33-26-20(19)9-25-24(31)32-10-18-16-7-3-1-5-14(16)15-6-2-4-8-17(15)18/h1-8,11,18,21H,9-10,12-13H2,(H,25,31)(H,29,30). The number of carbonyl (C=O) groups excluding carboxylic acids is 2. The third-order valence-electron chi connectivity index (χ3n) is 6.05. The number of ether oxygens (including phenoxy) is 1. The van der Waals surface area contributed by atoms with Crippen LogP contribution in [0.25, 0.3) is 11.1 Å². The second-order valence-electron chi connectivity index (χ2n) is 7.98. The van der Waals surface area contributed by atoms with Crippen molar-refractivity contribution in [1.82, 2.24) is 15.4 Å². The summed E-state index contributed by atoms with van der Waals surface area (Å²) in [5, 5.41) is 15.7. The zero-order chi connectivity index (χ0) is 23.7. The summed E-state index contributed by atoms with van der Waals surface area (Å²) in [4.78, 5) is 37.9. The zero-order valence-corrected chi connectivity index (χ0v) is 18.8. The highest BCUT2D eigenvalue weighted by Crippen LogP contribution is 2.44. The van der Waals surface area contributed by atoms with E-state index in [1.165, 1.54) is 22.9 Å². The first kappa shape index (κ1) is 22.0.